The smallest absolute Gasteiger partial charge is 0.162 e. The molecule has 1 aromatic carbocycles. The van der Waals surface area contributed by atoms with Gasteiger partial charge < -0.3 is 5.32 Å². The van der Waals surface area contributed by atoms with Crippen LogP contribution in [0.25, 0.3) is 0 Å². The van der Waals surface area contributed by atoms with Gasteiger partial charge >= 0.3 is 0 Å². The van der Waals surface area contributed by atoms with Crippen molar-refractivity contribution in [1.29, 1.82) is 0 Å². The van der Waals surface area contributed by atoms with Crippen LogP contribution in [-0.2, 0) is 0 Å². The minimum atomic E-state index is 0.248. The van der Waals surface area contributed by atoms with Crippen molar-refractivity contribution >= 4 is 5.78 Å². The van der Waals surface area contributed by atoms with E-state index in [1.165, 1.54) is 12.8 Å². The van der Waals surface area contributed by atoms with E-state index in [4.69, 9.17) is 0 Å². The van der Waals surface area contributed by atoms with E-state index in [0.717, 1.165) is 25.1 Å². The van der Waals surface area contributed by atoms with Crippen molar-refractivity contribution in [3.05, 3.63) is 35.9 Å². The molecule has 0 saturated heterocycles. The molecule has 0 aliphatic carbocycles. The Balaban J connectivity index is 2.12. The van der Waals surface area contributed by atoms with Crippen LogP contribution in [0.5, 0.6) is 0 Å². The van der Waals surface area contributed by atoms with Gasteiger partial charge in [-0.1, -0.05) is 43.7 Å². The quantitative estimate of drug-likeness (QED) is 0.538. The Morgan fingerprint density at radius 2 is 1.81 bits per heavy atom. The molecule has 0 atom stereocenters. The zero-order chi connectivity index (χ0) is 11.6. The number of rotatable bonds is 8. The van der Waals surface area contributed by atoms with Crippen molar-refractivity contribution in [2.45, 2.75) is 32.6 Å². The highest BCUT2D eigenvalue weighted by atomic mass is 16.1. The Morgan fingerprint density at radius 1 is 1.12 bits per heavy atom. The normalized spacial score (nSPS) is 10.3. The molecule has 2 nitrogen and oxygen atoms in total. The van der Waals surface area contributed by atoms with E-state index in [2.05, 4.69) is 12.2 Å². The fourth-order valence-corrected chi connectivity index (χ4v) is 1.57. The van der Waals surface area contributed by atoms with Crippen LogP contribution in [0.15, 0.2) is 30.3 Å². The van der Waals surface area contributed by atoms with E-state index in [1.54, 1.807) is 0 Å². The first kappa shape index (κ1) is 12.9. The molecule has 16 heavy (non-hydrogen) atoms. The van der Waals surface area contributed by atoms with Crippen LogP contribution in [0, 0.1) is 0 Å². The molecule has 0 heterocycles. The van der Waals surface area contributed by atoms with Crippen molar-refractivity contribution in [2.24, 2.45) is 0 Å². The average Bonchev–Trinajstić information content (AvgIpc) is 2.34. The molecule has 0 aliphatic rings. The molecule has 0 fully saturated rings. The van der Waals surface area contributed by atoms with E-state index >= 15 is 0 Å². The summed E-state index contributed by atoms with van der Waals surface area (Å²) in [4.78, 5) is 11.7. The highest BCUT2D eigenvalue weighted by Gasteiger charge is 2.03. The Morgan fingerprint density at radius 3 is 2.50 bits per heavy atom. The second-order valence-electron chi connectivity index (χ2n) is 4.00. The third-order valence-electron chi connectivity index (χ3n) is 2.56. The molecular weight excluding hydrogens is 198 g/mol. The third kappa shape index (κ3) is 5.08. The molecule has 0 amide bonds. The van der Waals surface area contributed by atoms with Crippen LogP contribution in [0.4, 0.5) is 0 Å². The van der Waals surface area contributed by atoms with Crippen LogP contribution in [0.3, 0.4) is 0 Å². The number of unbranched alkanes of at least 4 members (excludes halogenated alkanes) is 1. The van der Waals surface area contributed by atoms with Gasteiger partial charge in [-0.15, -0.1) is 0 Å². The first-order valence-corrected chi connectivity index (χ1v) is 6.13. The van der Waals surface area contributed by atoms with E-state index in [1.807, 2.05) is 30.3 Å². The molecular formula is C14H21NO. The predicted molar refractivity (Wildman–Crippen MR) is 67.8 cm³/mol. The van der Waals surface area contributed by atoms with Gasteiger partial charge in [0, 0.05) is 12.0 Å². The molecule has 1 rings (SSSR count). The maximum Gasteiger partial charge on any atom is 0.162 e. The zero-order valence-corrected chi connectivity index (χ0v) is 10.0. The highest BCUT2D eigenvalue weighted by Crippen LogP contribution is 2.04. The molecule has 88 valence electrons. The topological polar surface area (TPSA) is 29.1 Å². The Kier molecular flexibility index (Phi) is 6.50. The van der Waals surface area contributed by atoms with E-state index in [0.29, 0.717) is 6.42 Å². The summed E-state index contributed by atoms with van der Waals surface area (Å²) in [6.45, 7) is 4.19. The van der Waals surface area contributed by atoms with Gasteiger partial charge in [-0.05, 0) is 25.9 Å². The average molecular weight is 219 g/mol. The fraction of sp³-hybridized carbons (Fsp3) is 0.500. The molecule has 0 radical (unpaired) electrons. The lowest BCUT2D eigenvalue weighted by molar-refractivity contribution is 0.0980. The number of benzene rings is 1. The van der Waals surface area contributed by atoms with E-state index in [9.17, 15) is 4.79 Å². The summed E-state index contributed by atoms with van der Waals surface area (Å²) in [6, 6.07) is 9.52. The lowest BCUT2D eigenvalue weighted by Crippen LogP contribution is -2.17. The fourth-order valence-electron chi connectivity index (χ4n) is 1.57. The SMILES string of the molecule is CCCCNCCCC(=O)c1ccccc1. The number of nitrogens with one attached hydrogen (secondary N) is 1. The number of hydrogen-bond acceptors (Lipinski definition) is 2. The van der Waals surface area contributed by atoms with Crippen molar-refractivity contribution in [2.75, 3.05) is 13.1 Å². The summed E-state index contributed by atoms with van der Waals surface area (Å²) in [5.74, 6) is 0.248. The largest absolute Gasteiger partial charge is 0.317 e. The molecule has 0 unspecified atom stereocenters. The van der Waals surface area contributed by atoms with Gasteiger partial charge in [-0.25, -0.2) is 0 Å². The van der Waals surface area contributed by atoms with Gasteiger partial charge in [0.2, 0.25) is 0 Å². The van der Waals surface area contributed by atoms with Gasteiger partial charge in [-0.3, -0.25) is 4.79 Å². The van der Waals surface area contributed by atoms with Gasteiger partial charge in [0.05, 0.1) is 0 Å². The zero-order valence-electron chi connectivity index (χ0n) is 10.0. The molecule has 0 saturated carbocycles. The lowest BCUT2D eigenvalue weighted by atomic mass is 10.1. The van der Waals surface area contributed by atoms with Crippen LogP contribution >= 0.6 is 0 Å². The Labute approximate surface area is 98.1 Å². The lowest BCUT2D eigenvalue weighted by Gasteiger charge is -2.03. The maximum atomic E-state index is 11.7. The molecule has 0 bridgehead atoms. The summed E-state index contributed by atoms with van der Waals surface area (Å²) >= 11 is 0. The second-order valence-corrected chi connectivity index (χ2v) is 4.00. The first-order chi connectivity index (χ1) is 7.84. The standard InChI is InChI=1S/C14H21NO/c1-2-3-11-15-12-7-10-14(16)13-8-5-4-6-9-13/h4-6,8-9,15H,2-3,7,10-12H2,1H3. The van der Waals surface area contributed by atoms with Gasteiger partial charge in [0.1, 0.15) is 0 Å². The monoisotopic (exact) mass is 219 g/mol. The minimum absolute atomic E-state index is 0.248. The summed E-state index contributed by atoms with van der Waals surface area (Å²) < 4.78 is 0. The van der Waals surface area contributed by atoms with Crippen LogP contribution < -0.4 is 5.32 Å². The van der Waals surface area contributed by atoms with Gasteiger partial charge in [0.15, 0.2) is 5.78 Å². The molecule has 1 aromatic rings. The summed E-state index contributed by atoms with van der Waals surface area (Å²) in [6.07, 6.45) is 4.00. The van der Waals surface area contributed by atoms with Crippen LogP contribution in [0.2, 0.25) is 0 Å². The summed E-state index contributed by atoms with van der Waals surface area (Å²) in [7, 11) is 0. The number of ketones is 1. The number of carbonyl (C=O) groups excluding carboxylic acids is 1. The summed E-state index contributed by atoms with van der Waals surface area (Å²) in [5.41, 5.74) is 0.830. The minimum Gasteiger partial charge on any atom is -0.317 e. The second kappa shape index (κ2) is 8.05. The number of carbonyl (C=O) groups is 1. The molecule has 0 spiro atoms. The third-order valence-corrected chi connectivity index (χ3v) is 2.56. The van der Waals surface area contributed by atoms with Crippen molar-refractivity contribution < 1.29 is 4.79 Å². The Bertz CT molecular complexity index is 295. The number of Topliss-reactive ketones (excluding diaryl/α,β-unsaturated/α-hetero) is 1. The Hall–Kier alpha value is -1.15. The van der Waals surface area contributed by atoms with Gasteiger partial charge in [-0.2, -0.15) is 0 Å². The first-order valence-electron chi connectivity index (χ1n) is 6.13. The predicted octanol–water partition coefficient (Wildman–Crippen LogP) is 3.04. The van der Waals surface area contributed by atoms with Crippen molar-refractivity contribution in [3.63, 3.8) is 0 Å². The molecule has 0 aliphatic heterocycles. The number of hydrogen-bond donors (Lipinski definition) is 1. The van der Waals surface area contributed by atoms with Crippen LogP contribution in [0.1, 0.15) is 43.0 Å². The molecule has 1 N–H and O–H groups in total. The highest BCUT2D eigenvalue weighted by molar-refractivity contribution is 5.95. The maximum absolute atomic E-state index is 11.7. The van der Waals surface area contributed by atoms with E-state index in [-0.39, 0.29) is 5.78 Å². The van der Waals surface area contributed by atoms with Crippen molar-refractivity contribution in [1.82, 2.24) is 5.32 Å². The van der Waals surface area contributed by atoms with Crippen LogP contribution in [-0.4, -0.2) is 18.9 Å². The summed E-state index contributed by atoms with van der Waals surface area (Å²) in [5, 5.41) is 3.34. The van der Waals surface area contributed by atoms with E-state index < -0.39 is 0 Å². The van der Waals surface area contributed by atoms with Gasteiger partial charge in [0.25, 0.3) is 0 Å². The van der Waals surface area contributed by atoms with Crippen molar-refractivity contribution in [3.8, 4) is 0 Å². The molecule has 2 heteroatoms. The molecule has 0 aromatic heterocycles.